The minimum absolute atomic E-state index is 0.113. The van der Waals surface area contributed by atoms with Crippen molar-refractivity contribution in [3.63, 3.8) is 0 Å². The number of hydrogen-bond donors (Lipinski definition) is 3. The third kappa shape index (κ3) is 3.45. The monoisotopic (exact) mass is 315 g/mol. The largest absolute Gasteiger partial charge is 0.388 e. The maximum atomic E-state index is 14.0. The molecule has 0 radical (unpaired) electrons. The molecule has 0 bridgehead atoms. The van der Waals surface area contributed by atoms with Crippen LogP contribution < -0.4 is 11.0 Å². The number of aliphatic hydroxyl groups is 2. The number of nitrogens with zero attached hydrogens (tertiary/aromatic N) is 2. The maximum Gasteiger partial charge on any atom is 0.351 e. The van der Waals surface area contributed by atoms with E-state index in [9.17, 15) is 19.4 Å². The molecule has 1 aromatic heterocycles. The van der Waals surface area contributed by atoms with Gasteiger partial charge in [-0.3, -0.25) is 4.57 Å². The van der Waals surface area contributed by atoms with Gasteiger partial charge in [-0.15, -0.1) is 0 Å². The standard InChI is InChI=1S/C14H22FN3O4/c1-3-4-5-6-16-12-9(15)7-18(14(21)17-12)13-11(20)10(19)8(2)22-13/h7-8,10-11,13,19-20H,3-6H2,1-2H3,(H,16,17,21)/t8-,10?,11?,13-/m1/s1. The lowest BCUT2D eigenvalue weighted by molar-refractivity contribution is -0.0355. The van der Waals surface area contributed by atoms with Gasteiger partial charge in [0.2, 0.25) is 0 Å². The van der Waals surface area contributed by atoms with Crippen molar-refractivity contribution in [2.75, 3.05) is 11.9 Å². The minimum atomic E-state index is -1.31. The number of nitrogens with one attached hydrogen (secondary N) is 1. The molecule has 1 aliphatic rings. The number of ether oxygens (including phenoxy) is 1. The van der Waals surface area contributed by atoms with Crippen molar-refractivity contribution in [2.24, 2.45) is 0 Å². The number of halogens is 1. The van der Waals surface area contributed by atoms with E-state index in [-0.39, 0.29) is 5.82 Å². The molecule has 0 spiro atoms. The first-order valence-electron chi connectivity index (χ1n) is 7.49. The zero-order valence-electron chi connectivity index (χ0n) is 12.7. The molecule has 7 nitrogen and oxygen atoms in total. The van der Waals surface area contributed by atoms with Gasteiger partial charge < -0.3 is 20.3 Å². The normalized spacial score (nSPS) is 28.0. The first kappa shape index (κ1) is 16.9. The van der Waals surface area contributed by atoms with Gasteiger partial charge in [0.15, 0.2) is 17.9 Å². The highest BCUT2D eigenvalue weighted by Gasteiger charge is 2.42. The number of unbranched alkanes of at least 4 members (excludes halogenated alkanes) is 2. The van der Waals surface area contributed by atoms with Crippen LogP contribution in [0.5, 0.6) is 0 Å². The van der Waals surface area contributed by atoms with E-state index in [1.165, 1.54) is 0 Å². The molecule has 8 heteroatoms. The number of rotatable bonds is 6. The molecule has 1 saturated heterocycles. The molecule has 2 heterocycles. The number of aliphatic hydroxyl groups excluding tert-OH is 2. The van der Waals surface area contributed by atoms with E-state index in [4.69, 9.17) is 4.74 Å². The fraction of sp³-hybridized carbons (Fsp3) is 0.714. The summed E-state index contributed by atoms with van der Waals surface area (Å²) >= 11 is 0. The Kier molecular flexibility index (Phi) is 5.49. The molecular formula is C14H22FN3O4. The van der Waals surface area contributed by atoms with E-state index in [0.29, 0.717) is 6.54 Å². The molecule has 3 N–H and O–H groups in total. The molecule has 22 heavy (non-hydrogen) atoms. The lowest BCUT2D eigenvalue weighted by atomic mass is 10.1. The van der Waals surface area contributed by atoms with Crippen molar-refractivity contribution < 1.29 is 19.3 Å². The second-order valence-electron chi connectivity index (χ2n) is 5.47. The zero-order chi connectivity index (χ0) is 16.3. The number of aromatic nitrogens is 2. The SMILES string of the molecule is CCCCCNc1nc(=O)n([C@@H]2O[C@H](C)C(O)C2O)cc1F. The number of anilines is 1. The lowest BCUT2D eigenvalue weighted by Gasteiger charge is -2.18. The Balaban J connectivity index is 2.15. The Hall–Kier alpha value is -1.51. The summed E-state index contributed by atoms with van der Waals surface area (Å²) in [4.78, 5) is 15.6. The van der Waals surface area contributed by atoms with Crippen molar-refractivity contribution in [1.29, 1.82) is 0 Å². The third-order valence-corrected chi connectivity index (χ3v) is 3.73. The average molecular weight is 315 g/mol. The molecule has 1 fully saturated rings. The van der Waals surface area contributed by atoms with E-state index in [1.807, 2.05) is 0 Å². The van der Waals surface area contributed by atoms with E-state index in [2.05, 4.69) is 17.2 Å². The molecule has 1 aromatic rings. The van der Waals surface area contributed by atoms with Gasteiger partial charge in [0.05, 0.1) is 12.3 Å². The highest BCUT2D eigenvalue weighted by molar-refractivity contribution is 5.34. The Labute approximate surface area is 127 Å². The minimum Gasteiger partial charge on any atom is -0.388 e. The topological polar surface area (TPSA) is 96.6 Å². The molecule has 124 valence electrons. The van der Waals surface area contributed by atoms with Crippen LogP contribution in [0.2, 0.25) is 0 Å². The molecule has 0 aromatic carbocycles. The third-order valence-electron chi connectivity index (χ3n) is 3.73. The smallest absolute Gasteiger partial charge is 0.351 e. The predicted octanol–water partition coefficient (Wildman–Crippen LogP) is 0.624. The van der Waals surface area contributed by atoms with Gasteiger partial charge in [-0.25, -0.2) is 9.18 Å². The van der Waals surface area contributed by atoms with Crippen molar-refractivity contribution in [3.05, 3.63) is 22.5 Å². The van der Waals surface area contributed by atoms with Crippen LogP contribution in [-0.2, 0) is 4.74 Å². The Morgan fingerprint density at radius 3 is 2.73 bits per heavy atom. The van der Waals surface area contributed by atoms with E-state index in [0.717, 1.165) is 30.0 Å². The summed E-state index contributed by atoms with van der Waals surface area (Å²) in [5.74, 6) is -0.820. The fourth-order valence-corrected chi connectivity index (χ4v) is 2.39. The van der Waals surface area contributed by atoms with Gasteiger partial charge in [0, 0.05) is 6.54 Å². The summed E-state index contributed by atoms with van der Waals surface area (Å²) in [7, 11) is 0. The molecule has 4 atom stereocenters. The second-order valence-corrected chi connectivity index (χ2v) is 5.47. The summed E-state index contributed by atoms with van der Waals surface area (Å²) in [5, 5.41) is 22.3. The van der Waals surface area contributed by atoms with Crippen LogP contribution in [0.3, 0.4) is 0 Å². The molecule has 2 rings (SSSR count). The van der Waals surface area contributed by atoms with Crippen molar-refractivity contribution in [1.82, 2.24) is 9.55 Å². The average Bonchev–Trinajstić information content (AvgIpc) is 2.74. The van der Waals surface area contributed by atoms with Gasteiger partial charge in [0.1, 0.15) is 12.2 Å². The maximum absolute atomic E-state index is 14.0. The summed E-state index contributed by atoms with van der Waals surface area (Å²) in [5.41, 5.74) is -0.746. The van der Waals surface area contributed by atoms with Crippen molar-refractivity contribution in [3.8, 4) is 0 Å². The first-order chi connectivity index (χ1) is 10.5. The van der Waals surface area contributed by atoms with Crippen molar-refractivity contribution in [2.45, 2.75) is 57.6 Å². The summed E-state index contributed by atoms with van der Waals surface area (Å²) in [6, 6.07) is 0. The van der Waals surface area contributed by atoms with Gasteiger partial charge in [-0.05, 0) is 13.3 Å². The van der Waals surface area contributed by atoms with E-state index < -0.39 is 36.0 Å². The van der Waals surface area contributed by atoms with Crippen LogP contribution >= 0.6 is 0 Å². The molecule has 0 amide bonds. The molecular weight excluding hydrogens is 293 g/mol. The Morgan fingerprint density at radius 2 is 2.14 bits per heavy atom. The van der Waals surface area contributed by atoms with Crippen LogP contribution in [0, 0.1) is 5.82 Å². The van der Waals surface area contributed by atoms with Gasteiger partial charge >= 0.3 is 5.69 Å². The summed E-state index contributed by atoms with van der Waals surface area (Å²) < 4.78 is 20.2. The molecule has 0 saturated carbocycles. The Morgan fingerprint density at radius 1 is 1.41 bits per heavy atom. The van der Waals surface area contributed by atoms with Crippen LogP contribution in [0.1, 0.15) is 39.3 Å². The van der Waals surface area contributed by atoms with Gasteiger partial charge in [-0.2, -0.15) is 4.98 Å². The van der Waals surface area contributed by atoms with Gasteiger partial charge in [0.25, 0.3) is 0 Å². The Bertz CT molecular complexity index is 566. The van der Waals surface area contributed by atoms with Crippen LogP contribution in [0.4, 0.5) is 10.2 Å². The highest BCUT2D eigenvalue weighted by Crippen LogP contribution is 2.28. The summed E-state index contributed by atoms with van der Waals surface area (Å²) in [6.07, 6.45) is -0.398. The second kappa shape index (κ2) is 7.17. The van der Waals surface area contributed by atoms with Crippen LogP contribution in [0.15, 0.2) is 11.0 Å². The van der Waals surface area contributed by atoms with Crippen LogP contribution in [-0.4, -0.2) is 44.6 Å². The quantitative estimate of drug-likeness (QED) is 0.666. The molecule has 2 unspecified atom stereocenters. The lowest BCUT2D eigenvalue weighted by Crippen LogP contribution is -2.36. The number of hydrogen-bond acceptors (Lipinski definition) is 6. The predicted molar refractivity (Wildman–Crippen MR) is 78.1 cm³/mol. The van der Waals surface area contributed by atoms with E-state index >= 15 is 0 Å². The van der Waals surface area contributed by atoms with Gasteiger partial charge in [-0.1, -0.05) is 19.8 Å². The highest BCUT2D eigenvalue weighted by atomic mass is 19.1. The van der Waals surface area contributed by atoms with Crippen LogP contribution in [0.25, 0.3) is 0 Å². The first-order valence-corrected chi connectivity index (χ1v) is 7.49. The fourth-order valence-electron chi connectivity index (χ4n) is 2.39. The zero-order valence-corrected chi connectivity index (χ0v) is 12.7. The van der Waals surface area contributed by atoms with E-state index in [1.54, 1.807) is 6.92 Å². The molecule has 1 aliphatic heterocycles. The van der Waals surface area contributed by atoms with Crippen molar-refractivity contribution >= 4 is 5.82 Å². The summed E-state index contributed by atoms with van der Waals surface area (Å²) in [6.45, 7) is 4.15. The molecule has 0 aliphatic carbocycles.